The van der Waals surface area contributed by atoms with E-state index < -0.39 is 0 Å². The number of pyridine rings is 1. The third-order valence-electron chi connectivity index (χ3n) is 3.32. The molecule has 0 spiro atoms. The molecule has 4 aromatic heterocycles. The SMILES string of the molecule is COSc1nnc(-c2cnc3ccc(-c4cnn(C)c4)cn23)o1. The summed E-state index contributed by atoms with van der Waals surface area (Å²) >= 11 is 1.02. The van der Waals surface area contributed by atoms with Crippen LogP contribution in [0.15, 0.2) is 46.6 Å². The molecule has 0 aliphatic carbocycles. The number of hydrogen-bond donors (Lipinski definition) is 0. The monoisotopic (exact) mass is 328 g/mol. The third kappa shape index (κ3) is 2.49. The van der Waals surface area contributed by atoms with Gasteiger partial charge in [0, 0.05) is 30.6 Å². The van der Waals surface area contributed by atoms with Crippen LogP contribution >= 0.6 is 12.0 Å². The van der Waals surface area contributed by atoms with Gasteiger partial charge in [-0.25, -0.2) is 4.98 Å². The van der Waals surface area contributed by atoms with Crippen molar-refractivity contribution in [1.82, 2.24) is 29.4 Å². The average Bonchev–Trinajstić information content (AvgIpc) is 3.26. The normalized spacial score (nSPS) is 11.4. The zero-order chi connectivity index (χ0) is 15.8. The van der Waals surface area contributed by atoms with Crippen LogP contribution in [0.2, 0.25) is 0 Å². The fraction of sp³-hybridized carbons (Fsp3) is 0.143. The van der Waals surface area contributed by atoms with Crippen molar-refractivity contribution < 1.29 is 8.60 Å². The van der Waals surface area contributed by atoms with E-state index in [0.717, 1.165) is 34.5 Å². The predicted octanol–water partition coefficient (Wildman–Crippen LogP) is 2.44. The number of rotatable bonds is 4. The van der Waals surface area contributed by atoms with Crippen LogP contribution in [-0.4, -0.2) is 36.5 Å². The first kappa shape index (κ1) is 14.0. The van der Waals surface area contributed by atoms with E-state index in [1.807, 2.05) is 42.2 Å². The van der Waals surface area contributed by atoms with Crippen molar-refractivity contribution >= 4 is 17.7 Å². The standard InChI is InChI=1S/C14H12N6O2S/c1-19-7-10(5-16-19)9-3-4-12-15-6-11(20(12)8-9)13-17-18-14(22-13)23-21-2/h3-8H,1-2H3. The van der Waals surface area contributed by atoms with E-state index in [0.29, 0.717) is 11.1 Å². The minimum Gasteiger partial charge on any atom is -0.408 e. The molecule has 23 heavy (non-hydrogen) atoms. The quantitative estimate of drug-likeness (QED) is 0.532. The summed E-state index contributed by atoms with van der Waals surface area (Å²) in [6, 6.07) is 3.94. The third-order valence-corrected chi connectivity index (χ3v) is 3.80. The van der Waals surface area contributed by atoms with Crippen molar-refractivity contribution in [2.75, 3.05) is 7.11 Å². The Bertz CT molecular complexity index is 973. The Labute approximate surface area is 135 Å². The first-order valence-corrected chi connectivity index (χ1v) is 7.49. The van der Waals surface area contributed by atoms with E-state index in [9.17, 15) is 0 Å². The fourth-order valence-electron chi connectivity index (χ4n) is 2.30. The number of aromatic nitrogens is 6. The second kappa shape index (κ2) is 5.52. The second-order valence-corrected chi connectivity index (χ2v) is 5.66. The van der Waals surface area contributed by atoms with E-state index >= 15 is 0 Å². The van der Waals surface area contributed by atoms with Crippen LogP contribution in [0, 0.1) is 0 Å². The van der Waals surface area contributed by atoms with E-state index in [4.69, 9.17) is 8.60 Å². The van der Waals surface area contributed by atoms with Gasteiger partial charge in [-0.3, -0.25) is 9.08 Å². The molecular weight excluding hydrogens is 316 g/mol. The van der Waals surface area contributed by atoms with Crippen molar-refractivity contribution in [2.24, 2.45) is 7.05 Å². The Morgan fingerprint density at radius 1 is 1.13 bits per heavy atom. The molecule has 4 heterocycles. The van der Waals surface area contributed by atoms with Crippen LogP contribution in [0.3, 0.4) is 0 Å². The number of imidazole rings is 1. The summed E-state index contributed by atoms with van der Waals surface area (Å²) in [6.07, 6.45) is 7.45. The first-order valence-electron chi connectivity index (χ1n) is 6.75. The highest BCUT2D eigenvalue weighted by Crippen LogP contribution is 2.26. The maximum absolute atomic E-state index is 5.56. The van der Waals surface area contributed by atoms with Gasteiger partial charge in [-0.15, -0.1) is 5.10 Å². The highest BCUT2D eigenvalue weighted by Gasteiger charge is 2.14. The molecule has 4 rings (SSSR count). The molecular formula is C14H12N6O2S. The van der Waals surface area contributed by atoms with Crippen molar-refractivity contribution in [1.29, 1.82) is 0 Å². The Morgan fingerprint density at radius 2 is 2.04 bits per heavy atom. The smallest absolute Gasteiger partial charge is 0.304 e. The molecule has 0 bridgehead atoms. The topological polar surface area (TPSA) is 83.3 Å². The van der Waals surface area contributed by atoms with Gasteiger partial charge in [0.1, 0.15) is 11.3 Å². The van der Waals surface area contributed by atoms with E-state index in [1.54, 1.807) is 18.0 Å². The highest BCUT2D eigenvalue weighted by molar-refractivity contribution is 7.94. The number of hydrogen-bond acceptors (Lipinski definition) is 7. The van der Waals surface area contributed by atoms with Crippen LogP contribution in [0.25, 0.3) is 28.4 Å². The lowest BCUT2D eigenvalue weighted by Gasteiger charge is -2.01. The summed E-state index contributed by atoms with van der Waals surface area (Å²) in [7, 11) is 3.43. The van der Waals surface area contributed by atoms with E-state index in [1.165, 1.54) is 0 Å². The van der Waals surface area contributed by atoms with Crippen LogP contribution in [0.1, 0.15) is 0 Å². The molecule has 9 heteroatoms. The molecule has 0 N–H and O–H groups in total. The van der Waals surface area contributed by atoms with Gasteiger partial charge in [0.05, 0.1) is 31.5 Å². The molecule has 0 saturated carbocycles. The lowest BCUT2D eigenvalue weighted by molar-refractivity contribution is 0.426. The van der Waals surface area contributed by atoms with Crippen LogP contribution in [0.5, 0.6) is 0 Å². The van der Waals surface area contributed by atoms with Crippen LogP contribution in [-0.2, 0) is 11.2 Å². The minimum atomic E-state index is 0.348. The molecule has 0 radical (unpaired) electrons. The van der Waals surface area contributed by atoms with Crippen molar-refractivity contribution in [2.45, 2.75) is 5.22 Å². The van der Waals surface area contributed by atoms with E-state index in [-0.39, 0.29) is 0 Å². The largest absolute Gasteiger partial charge is 0.408 e. The minimum absolute atomic E-state index is 0.348. The molecule has 0 saturated heterocycles. The summed E-state index contributed by atoms with van der Waals surface area (Å²) in [5.41, 5.74) is 3.57. The van der Waals surface area contributed by atoms with Gasteiger partial charge in [-0.05, 0) is 12.1 Å². The molecule has 4 aromatic rings. The molecule has 0 aromatic carbocycles. The highest BCUT2D eigenvalue weighted by atomic mass is 32.2. The van der Waals surface area contributed by atoms with Gasteiger partial charge >= 0.3 is 5.22 Å². The Kier molecular flexibility index (Phi) is 3.36. The molecule has 0 unspecified atom stereocenters. The Morgan fingerprint density at radius 3 is 2.83 bits per heavy atom. The molecule has 0 fully saturated rings. The summed E-state index contributed by atoms with van der Waals surface area (Å²) < 4.78 is 14.2. The lowest BCUT2D eigenvalue weighted by atomic mass is 10.2. The maximum Gasteiger partial charge on any atom is 0.304 e. The van der Waals surface area contributed by atoms with Crippen molar-refractivity contribution in [3.63, 3.8) is 0 Å². The summed E-state index contributed by atoms with van der Waals surface area (Å²) in [4.78, 5) is 4.37. The Hall–Kier alpha value is -2.65. The summed E-state index contributed by atoms with van der Waals surface area (Å²) in [5.74, 6) is 0.389. The predicted molar refractivity (Wildman–Crippen MR) is 83.6 cm³/mol. The maximum atomic E-state index is 5.56. The zero-order valence-corrected chi connectivity index (χ0v) is 13.2. The molecule has 8 nitrogen and oxygen atoms in total. The average molecular weight is 328 g/mol. The van der Waals surface area contributed by atoms with Gasteiger partial charge < -0.3 is 8.60 Å². The zero-order valence-electron chi connectivity index (χ0n) is 12.4. The van der Waals surface area contributed by atoms with Crippen LogP contribution < -0.4 is 0 Å². The summed E-state index contributed by atoms with van der Waals surface area (Å²) in [6.45, 7) is 0. The van der Waals surface area contributed by atoms with E-state index in [2.05, 4.69) is 20.3 Å². The molecule has 0 amide bonds. The van der Waals surface area contributed by atoms with Gasteiger partial charge in [-0.2, -0.15) is 5.10 Å². The number of nitrogens with zero attached hydrogens (tertiary/aromatic N) is 6. The molecule has 0 aliphatic rings. The van der Waals surface area contributed by atoms with Crippen LogP contribution in [0.4, 0.5) is 0 Å². The van der Waals surface area contributed by atoms with Crippen molar-refractivity contribution in [3.8, 4) is 22.7 Å². The fourth-order valence-corrected chi connectivity index (χ4v) is 2.63. The van der Waals surface area contributed by atoms with Gasteiger partial charge in [0.2, 0.25) is 0 Å². The second-order valence-electron chi connectivity index (χ2n) is 4.82. The molecule has 0 aliphatic heterocycles. The number of fused-ring (bicyclic) bond motifs is 1. The van der Waals surface area contributed by atoms with Crippen molar-refractivity contribution in [3.05, 3.63) is 36.9 Å². The number of aryl methyl sites for hydroxylation is 1. The van der Waals surface area contributed by atoms with Gasteiger partial charge in [0.15, 0.2) is 0 Å². The lowest BCUT2D eigenvalue weighted by Crippen LogP contribution is -1.90. The molecule has 116 valence electrons. The van der Waals surface area contributed by atoms with Gasteiger partial charge in [-0.1, -0.05) is 5.10 Å². The van der Waals surface area contributed by atoms with Gasteiger partial charge in [0.25, 0.3) is 5.89 Å². The first-order chi connectivity index (χ1) is 11.2. The Balaban J connectivity index is 1.80. The molecule has 0 atom stereocenters. The summed E-state index contributed by atoms with van der Waals surface area (Å²) in [5, 5.41) is 12.5.